The van der Waals surface area contributed by atoms with E-state index in [4.69, 9.17) is 5.11 Å². The van der Waals surface area contributed by atoms with Crippen LogP contribution >= 0.6 is 0 Å². The fourth-order valence-electron chi connectivity index (χ4n) is 1.77. The first-order valence-corrected chi connectivity index (χ1v) is 5.96. The molecule has 18 heavy (non-hydrogen) atoms. The Balaban J connectivity index is 1.94. The van der Waals surface area contributed by atoms with Crippen LogP contribution in [0.1, 0.15) is 15.9 Å². The zero-order chi connectivity index (χ0) is 13.0. The van der Waals surface area contributed by atoms with Gasteiger partial charge in [-0.15, -0.1) is 0 Å². The number of nitrogens with zero attached hydrogens (tertiary/aromatic N) is 3. The van der Waals surface area contributed by atoms with Gasteiger partial charge in [-0.25, -0.2) is 4.79 Å². The summed E-state index contributed by atoms with van der Waals surface area (Å²) in [5.74, 6) is -0.905. The molecule has 0 amide bonds. The van der Waals surface area contributed by atoms with Crippen molar-refractivity contribution in [2.24, 2.45) is 5.10 Å². The summed E-state index contributed by atoms with van der Waals surface area (Å²) >= 11 is 0. The molecule has 1 aliphatic rings. The maximum absolute atomic E-state index is 10.7. The highest BCUT2D eigenvalue weighted by Crippen LogP contribution is 2.04. The molecule has 1 N–H and O–H groups in total. The number of hydrazone groups is 1. The Morgan fingerprint density at radius 3 is 2.39 bits per heavy atom. The molecule has 1 saturated heterocycles. The smallest absolute Gasteiger partial charge is 0.335 e. The van der Waals surface area contributed by atoms with Gasteiger partial charge in [0.05, 0.1) is 11.8 Å². The zero-order valence-electron chi connectivity index (χ0n) is 10.4. The number of likely N-dealkylation sites (N-methyl/N-ethyl adjacent to an activating group) is 1. The van der Waals surface area contributed by atoms with E-state index in [1.165, 1.54) is 0 Å². The summed E-state index contributed by atoms with van der Waals surface area (Å²) in [7, 11) is 2.10. The van der Waals surface area contributed by atoms with Crippen LogP contribution in [0.3, 0.4) is 0 Å². The van der Waals surface area contributed by atoms with E-state index in [-0.39, 0.29) is 0 Å². The summed E-state index contributed by atoms with van der Waals surface area (Å²) in [5.41, 5.74) is 1.21. The number of aromatic carboxylic acids is 1. The summed E-state index contributed by atoms with van der Waals surface area (Å²) in [5, 5.41) is 15.2. The van der Waals surface area contributed by atoms with Gasteiger partial charge in [-0.3, -0.25) is 5.01 Å². The van der Waals surface area contributed by atoms with Crippen LogP contribution in [0.4, 0.5) is 0 Å². The largest absolute Gasteiger partial charge is 0.478 e. The van der Waals surface area contributed by atoms with Gasteiger partial charge in [0.2, 0.25) is 0 Å². The average Bonchev–Trinajstić information content (AvgIpc) is 2.38. The molecule has 1 aliphatic heterocycles. The van der Waals surface area contributed by atoms with E-state index in [0.29, 0.717) is 5.56 Å². The Morgan fingerprint density at radius 1 is 1.22 bits per heavy atom. The molecule has 0 spiro atoms. The van der Waals surface area contributed by atoms with Crippen molar-refractivity contribution in [3.63, 3.8) is 0 Å². The first-order valence-electron chi connectivity index (χ1n) is 5.96. The van der Waals surface area contributed by atoms with Crippen LogP contribution in [-0.4, -0.2) is 60.4 Å². The summed E-state index contributed by atoms with van der Waals surface area (Å²) in [6, 6.07) is 6.72. The number of benzene rings is 1. The minimum atomic E-state index is -0.905. The zero-order valence-corrected chi connectivity index (χ0v) is 10.4. The molecule has 1 aromatic rings. The van der Waals surface area contributed by atoms with Crippen molar-refractivity contribution in [3.05, 3.63) is 35.4 Å². The Labute approximate surface area is 106 Å². The standard InChI is InChI=1S/C13H17N3O2/c1-15-6-8-16(9-7-15)14-10-11-2-4-12(5-3-11)13(17)18/h2-5,10H,6-9H2,1H3,(H,17,18)/b14-10+. The van der Waals surface area contributed by atoms with Crippen molar-refractivity contribution < 1.29 is 9.90 Å². The summed E-state index contributed by atoms with van der Waals surface area (Å²) in [4.78, 5) is 13.0. The minimum absolute atomic E-state index is 0.298. The highest BCUT2D eigenvalue weighted by molar-refractivity contribution is 5.89. The van der Waals surface area contributed by atoms with Gasteiger partial charge in [0, 0.05) is 26.2 Å². The van der Waals surface area contributed by atoms with Crippen molar-refractivity contribution in [2.45, 2.75) is 0 Å². The second-order valence-corrected chi connectivity index (χ2v) is 4.43. The lowest BCUT2D eigenvalue weighted by molar-refractivity contribution is 0.0697. The number of piperazine rings is 1. The molecule has 0 atom stereocenters. The predicted octanol–water partition coefficient (Wildman–Crippen LogP) is 0.966. The highest BCUT2D eigenvalue weighted by Gasteiger charge is 2.10. The van der Waals surface area contributed by atoms with Crippen molar-refractivity contribution in [1.29, 1.82) is 0 Å². The van der Waals surface area contributed by atoms with Crippen LogP contribution in [0.25, 0.3) is 0 Å². The molecule has 0 bridgehead atoms. The number of rotatable bonds is 3. The van der Waals surface area contributed by atoms with Crippen LogP contribution < -0.4 is 0 Å². The number of carbonyl (C=O) groups is 1. The first kappa shape index (κ1) is 12.6. The molecule has 0 saturated carbocycles. The number of carboxylic acid groups (broad SMARTS) is 1. The van der Waals surface area contributed by atoms with Crippen molar-refractivity contribution in [1.82, 2.24) is 9.91 Å². The van der Waals surface area contributed by atoms with Gasteiger partial charge in [0.25, 0.3) is 0 Å². The molecule has 5 nitrogen and oxygen atoms in total. The highest BCUT2D eigenvalue weighted by atomic mass is 16.4. The Morgan fingerprint density at radius 2 is 1.83 bits per heavy atom. The minimum Gasteiger partial charge on any atom is -0.478 e. The molecule has 0 unspecified atom stereocenters. The summed E-state index contributed by atoms with van der Waals surface area (Å²) < 4.78 is 0. The lowest BCUT2D eigenvalue weighted by atomic mass is 10.1. The maximum atomic E-state index is 10.7. The molecule has 0 aliphatic carbocycles. The molecule has 0 radical (unpaired) electrons. The molecule has 1 aromatic carbocycles. The van der Waals surface area contributed by atoms with Gasteiger partial charge in [-0.2, -0.15) is 5.10 Å². The third kappa shape index (κ3) is 3.30. The lowest BCUT2D eigenvalue weighted by Gasteiger charge is -2.30. The summed E-state index contributed by atoms with van der Waals surface area (Å²) in [6.45, 7) is 3.91. The second-order valence-electron chi connectivity index (χ2n) is 4.43. The van der Waals surface area contributed by atoms with Crippen LogP contribution in [0.5, 0.6) is 0 Å². The first-order chi connectivity index (χ1) is 8.65. The normalized spacial score (nSPS) is 17.3. The molecule has 5 heteroatoms. The topological polar surface area (TPSA) is 56.1 Å². The van der Waals surface area contributed by atoms with Crippen molar-refractivity contribution in [2.75, 3.05) is 33.2 Å². The molecule has 2 rings (SSSR count). The van der Waals surface area contributed by atoms with Gasteiger partial charge in [0.1, 0.15) is 0 Å². The molecular weight excluding hydrogens is 230 g/mol. The Hall–Kier alpha value is -1.88. The monoisotopic (exact) mass is 247 g/mol. The van der Waals surface area contributed by atoms with E-state index < -0.39 is 5.97 Å². The fourth-order valence-corrected chi connectivity index (χ4v) is 1.77. The van der Waals surface area contributed by atoms with E-state index in [9.17, 15) is 4.79 Å². The van der Waals surface area contributed by atoms with Gasteiger partial charge in [-0.05, 0) is 24.7 Å². The van der Waals surface area contributed by atoms with E-state index >= 15 is 0 Å². The third-order valence-electron chi connectivity index (χ3n) is 3.01. The van der Waals surface area contributed by atoms with Crippen LogP contribution in [-0.2, 0) is 0 Å². The van der Waals surface area contributed by atoms with Gasteiger partial charge in [0.15, 0.2) is 0 Å². The Kier molecular flexibility index (Phi) is 3.94. The van der Waals surface area contributed by atoms with Crippen molar-refractivity contribution in [3.8, 4) is 0 Å². The van der Waals surface area contributed by atoms with E-state index in [1.807, 2.05) is 5.01 Å². The number of hydrogen-bond donors (Lipinski definition) is 1. The lowest BCUT2D eigenvalue weighted by Crippen LogP contribution is -2.41. The average molecular weight is 247 g/mol. The fraction of sp³-hybridized carbons (Fsp3) is 0.385. The van der Waals surface area contributed by atoms with Crippen LogP contribution in [0.2, 0.25) is 0 Å². The molecule has 1 heterocycles. The molecular formula is C13H17N3O2. The predicted molar refractivity (Wildman–Crippen MR) is 70.1 cm³/mol. The van der Waals surface area contributed by atoms with Crippen LogP contribution in [0, 0.1) is 0 Å². The molecule has 0 aromatic heterocycles. The van der Waals surface area contributed by atoms with E-state index in [1.54, 1.807) is 30.5 Å². The van der Waals surface area contributed by atoms with Crippen LogP contribution in [0.15, 0.2) is 29.4 Å². The SMILES string of the molecule is CN1CCN(/N=C/c2ccc(C(=O)O)cc2)CC1. The van der Waals surface area contributed by atoms with E-state index in [0.717, 1.165) is 31.7 Å². The van der Waals surface area contributed by atoms with Crippen molar-refractivity contribution >= 4 is 12.2 Å². The van der Waals surface area contributed by atoms with Gasteiger partial charge in [-0.1, -0.05) is 12.1 Å². The van der Waals surface area contributed by atoms with Gasteiger partial charge >= 0.3 is 5.97 Å². The van der Waals surface area contributed by atoms with E-state index in [2.05, 4.69) is 17.0 Å². The quantitative estimate of drug-likeness (QED) is 0.808. The number of hydrogen-bond acceptors (Lipinski definition) is 4. The molecule has 1 fully saturated rings. The molecule has 96 valence electrons. The Bertz CT molecular complexity index is 434. The third-order valence-corrected chi connectivity index (χ3v) is 3.01. The van der Waals surface area contributed by atoms with Gasteiger partial charge < -0.3 is 10.0 Å². The summed E-state index contributed by atoms with van der Waals surface area (Å²) in [6.07, 6.45) is 1.77. The number of carboxylic acids is 1. The second kappa shape index (κ2) is 5.64. The maximum Gasteiger partial charge on any atom is 0.335 e.